The first-order valence-corrected chi connectivity index (χ1v) is 11.1. The number of phenols is 1. The summed E-state index contributed by atoms with van der Waals surface area (Å²) in [5.41, 5.74) is 0.986. The molecule has 0 aliphatic rings. The maximum atomic E-state index is 12.6. The van der Waals surface area contributed by atoms with Crippen molar-refractivity contribution in [3.8, 4) is 5.75 Å². The van der Waals surface area contributed by atoms with Crippen molar-refractivity contribution >= 4 is 38.9 Å². The van der Waals surface area contributed by atoms with E-state index in [4.69, 9.17) is 16.2 Å². The highest BCUT2D eigenvalue weighted by atomic mass is 35.5. The van der Waals surface area contributed by atoms with Gasteiger partial charge in [0.15, 0.2) is 5.75 Å². The third-order valence-electron chi connectivity index (χ3n) is 4.62. The SMILES string of the molecule is CC[C@@H](Nc1c(Nc2ccc(Cl)c(S(=O)(=O)N(C)C)c2O)no[n+]1O)c1ccccc1. The van der Waals surface area contributed by atoms with Gasteiger partial charge in [-0.1, -0.05) is 53.5 Å². The first kappa shape index (κ1) is 22.7. The number of phenolic OH excluding ortho intramolecular Hbond substituents is 1. The van der Waals surface area contributed by atoms with E-state index in [2.05, 4.69) is 15.8 Å². The van der Waals surface area contributed by atoms with Gasteiger partial charge >= 0.3 is 11.6 Å². The Hall–Kier alpha value is -3.02. The second kappa shape index (κ2) is 9.00. The summed E-state index contributed by atoms with van der Waals surface area (Å²) in [6, 6.07) is 12.1. The standard InChI is InChI=1S/C19H22ClN5O5S/c1-4-14(12-8-6-5-7-9-12)22-19-18(23-30-25(19)27)21-15-11-10-13(20)17(16(15)26)31(28,29)24(2)3/h5-11,14,27H,4H2,1-3H3,(H2,21,22,23,26)/p+1/t14-/m1/s1. The predicted molar refractivity (Wildman–Crippen MR) is 114 cm³/mol. The maximum Gasteiger partial charge on any atom is 0.366 e. The molecule has 166 valence electrons. The molecule has 3 rings (SSSR count). The topological polar surface area (TPSA) is 132 Å². The molecule has 3 aromatic rings. The van der Waals surface area contributed by atoms with Gasteiger partial charge in [0.25, 0.3) is 0 Å². The molecule has 12 heteroatoms. The molecule has 1 aromatic heterocycles. The minimum absolute atomic E-state index is 0.00883. The second-order valence-corrected chi connectivity index (χ2v) is 9.34. The summed E-state index contributed by atoms with van der Waals surface area (Å²) < 4.78 is 30.9. The summed E-state index contributed by atoms with van der Waals surface area (Å²) in [5.74, 6) is -0.473. The number of hydrogen-bond acceptors (Lipinski definition) is 8. The van der Waals surface area contributed by atoms with E-state index in [1.165, 1.54) is 26.2 Å². The first-order chi connectivity index (χ1) is 14.7. The molecule has 31 heavy (non-hydrogen) atoms. The van der Waals surface area contributed by atoms with Crippen LogP contribution in [0.1, 0.15) is 24.9 Å². The lowest BCUT2D eigenvalue weighted by Gasteiger charge is -2.16. The van der Waals surface area contributed by atoms with E-state index >= 15 is 0 Å². The minimum atomic E-state index is -4.02. The van der Waals surface area contributed by atoms with Gasteiger partial charge in [-0.2, -0.15) is 0 Å². The number of nitrogens with zero attached hydrogens (tertiary/aromatic N) is 3. The van der Waals surface area contributed by atoms with Gasteiger partial charge in [-0.15, -0.1) is 0 Å². The number of nitrogens with one attached hydrogen (secondary N) is 2. The molecule has 0 unspecified atom stereocenters. The van der Waals surface area contributed by atoms with Crippen molar-refractivity contribution in [3.05, 3.63) is 53.1 Å². The highest BCUT2D eigenvalue weighted by Gasteiger charge is 2.31. The summed E-state index contributed by atoms with van der Waals surface area (Å²) >= 11 is 6.04. The van der Waals surface area contributed by atoms with Gasteiger partial charge in [0.05, 0.1) is 16.8 Å². The average molecular weight is 469 g/mol. The summed E-state index contributed by atoms with van der Waals surface area (Å²) in [5, 5.41) is 30.2. The van der Waals surface area contributed by atoms with E-state index in [0.29, 0.717) is 11.3 Å². The summed E-state index contributed by atoms with van der Waals surface area (Å²) in [7, 11) is -1.36. The van der Waals surface area contributed by atoms with Crippen molar-refractivity contribution in [3.63, 3.8) is 0 Å². The smallest absolute Gasteiger partial charge is 0.366 e. The van der Waals surface area contributed by atoms with Crippen LogP contribution in [0.4, 0.5) is 17.3 Å². The number of rotatable bonds is 8. The van der Waals surface area contributed by atoms with E-state index in [1.807, 2.05) is 37.3 Å². The van der Waals surface area contributed by atoms with Crippen LogP contribution in [0.15, 0.2) is 52.0 Å². The van der Waals surface area contributed by atoms with Crippen LogP contribution in [0, 0.1) is 0 Å². The summed E-state index contributed by atoms with van der Waals surface area (Å²) in [6.07, 6.45) is 0.687. The third-order valence-corrected chi connectivity index (χ3v) is 6.94. The number of aromatic nitrogens is 2. The fourth-order valence-corrected chi connectivity index (χ4v) is 4.41. The Morgan fingerprint density at radius 1 is 1.23 bits per heavy atom. The van der Waals surface area contributed by atoms with Crippen LogP contribution in [0.2, 0.25) is 5.02 Å². The average Bonchev–Trinajstić information content (AvgIpc) is 3.07. The number of benzene rings is 2. The third kappa shape index (κ3) is 4.53. The Morgan fingerprint density at radius 2 is 1.90 bits per heavy atom. The zero-order chi connectivity index (χ0) is 22.8. The fourth-order valence-electron chi connectivity index (χ4n) is 2.93. The lowest BCUT2D eigenvalue weighted by Crippen LogP contribution is -2.32. The molecule has 0 aliphatic carbocycles. The van der Waals surface area contributed by atoms with E-state index in [-0.39, 0.29) is 28.4 Å². The Balaban J connectivity index is 1.97. The molecule has 0 saturated heterocycles. The highest BCUT2D eigenvalue weighted by molar-refractivity contribution is 7.89. The summed E-state index contributed by atoms with van der Waals surface area (Å²) in [4.78, 5) is -0.00646. The molecule has 0 radical (unpaired) electrons. The molecular weight excluding hydrogens is 446 g/mol. The first-order valence-electron chi connectivity index (χ1n) is 9.30. The lowest BCUT2D eigenvalue weighted by atomic mass is 10.0. The molecule has 0 saturated carbocycles. The normalized spacial score (nSPS) is 12.7. The van der Waals surface area contributed by atoms with Gasteiger partial charge in [0.1, 0.15) is 15.0 Å². The highest BCUT2D eigenvalue weighted by Crippen LogP contribution is 2.39. The zero-order valence-corrected chi connectivity index (χ0v) is 18.6. The zero-order valence-electron chi connectivity index (χ0n) is 17.1. The number of halogens is 1. The van der Waals surface area contributed by atoms with Crippen molar-refractivity contribution in [2.75, 3.05) is 24.7 Å². The molecular formula is C19H23ClN5O5S+. The monoisotopic (exact) mass is 468 g/mol. The predicted octanol–water partition coefficient (Wildman–Crippen LogP) is 3.12. The van der Waals surface area contributed by atoms with Crippen molar-refractivity contribution in [2.45, 2.75) is 24.3 Å². The quantitative estimate of drug-likeness (QED) is 0.293. The van der Waals surface area contributed by atoms with Gasteiger partial charge in [-0.05, 0) is 24.1 Å². The number of hydrogen-bond donors (Lipinski definition) is 4. The lowest BCUT2D eigenvalue weighted by molar-refractivity contribution is -1.03. The molecule has 4 N–H and O–H groups in total. The minimum Gasteiger partial charge on any atom is -0.504 e. The Kier molecular flexibility index (Phi) is 6.58. The van der Waals surface area contributed by atoms with Crippen LogP contribution >= 0.6 is 11.6 Å². The molecule has 0 fully saturated rings. The fraction of sp³-hybridized carbons (Fsp3) is 0.263. The van der Waals surface area contributed by atoms with Crippen LogP contribution in [-0.4, -0.2) is 42.3 Å². The van der Waals surface area contributed by atoms with Gasteiger partial charge in [-0.3, -0.25) is 5.32 Å². The van der Waals surface area contributed by atoms with E-state index < -0.39 is 20.7 Å². The maximum absolute atomic E-state index is 12.6. The van der Waals surface area contributed by atoms with E-state index in [0.717, 1.165) is 9.87 Å². The number of aromatic hydroxyl groups is 1. The molecule has 2 aromatic carbocycles. The van der Waals surface area contributed by atoms with Crippen LogP contribution in [0.3, 0.4) is 0 Å². The largest absolute Gasteiger partial charge is 0.504 e. The summed E-state index contributed by atoms with van der Waals surface area (Å²) in [6.45, 7) is 1.97. The van der Waals surface area contributed by atoms with Crippen LogP contribution in [0.5, 0.6) is 5.75 Å². The molecule has 1 heterocycles. The van der Waals surface area contributed by atoms with Crippen LogP contribution in [0.25, 0.3) is 0 Å². The van der Waals surface area contributed by atoms with Gasteiger partial charge in [0, 0.05) is 14.1 Å². The molecule has 0 aliphatic heterocycles. The Labute approximate surface area is 184 Å². The van der Waals surface area contributed by atoms with Crippen molar-refractivity contribution in [1.82, 2.24) is 9.46 Å². The van der Waals surface area contributed by atoms with Gasteiger partial charge < -0.3 is 15.6 Å². The molecule has 10 nitrogen and oxygen atoms in total. The van der Waals surface area contributed by atoms with E-state index in [1.54, 1.807) is 0 Å². The van der Waals surface area contributed by atoms with Gasteiger partial charge in [0.2, 0.25) is 10.0 Å². The van der Waals surface area contributed by atoms with E-state index in [9.17, 15) is 18.7 Å². The molecule has 0 spiro atoms. The number of sulfonamides is 1. The van der Waals surface area contributed by atoms with Crippen molar-refractivity contribution in [2.24, 2.45) is 0 Å². The number of anilines is 3. The van der Waals surface area contributed by atoms with Gasteiger partial charge in [-0.25, -0.2) is 12.7 Å². The second-order valence-electron chi connectivity index (χ2n) is 6.84. The van der Waals surface area contributed by atoms with Crippen molar-refractivity contribution < 1.29 is 28.3 Å². The molecule has 0 bridgehead atoms. The Bertz CT molecular complexity index is 1170. The molecule has 1 atom stereocenters. The van der Waals surface area contributed by atoms with Crippen LogP contribution in [-0.2, 0) is 10.0 Å². The van der Waals surface area contributed by atoms with Crippen molar-refractivity contribution in [1.29, 1.82) is 0 Å². The Morgan fingerprint density at radius 3 is 2.52 bits per heavy atom. The van der Waals surface area contributed by atoms with Crippen LogP contribution < -0.4 is 15.5 Å². The molecule has 0 amide bonds.